The fourth-order valence-corrected chi connectivity index (χ4v) is 13.3. The Kier molecular flexibility index (Phi) is 9.61. The molecule has 270 valence electrons. The number of rotatable bonds is 10. The van der Waals surface area contributed by atoms with Crippen LogP contribution < -0.4 is 10.6 Å². The molecule has 0 saturated heterocycles. The molecular formula is C43H65N3O3. The van der Waals surface area contributed by atoms with Gasteiger partial charge in [-0.1, -0.05) is 65.0 Å². The predicted octanol–water partition coefficient (Wildman–Crippen LogP) is 8.45. The van der Waals surface area contributed by atoms with Crippen molar-refractivity contribution in [1.29, 1.82) is 0 Å². The van der Waals surface area contributed by atoms with Gasteiger partial charge in [-0.25, -0.2) is 4.79 Å². The molecule has 9 atom stereocenters. The maximum absolute atomic E-state index is 12.0. The Morgan fingerprint density at radius 2 is 1.59 bits per heavy atom. The lowest BCUT2D eigenvalue weighted by atomic mass is 9.33. The first kappa shape index (κ1) is 36.4. The molecule has 49 heavy (non-hydrogen) atoms. The number of carbonyl (C=O) groups is 2. The van der Waals surface area contributed by atoms with Crippen LogP contribution >= 0.6 is 0 Å². The molecule has 0 heterocycles. The van der Waals surface area contributed by atoms with E-state index in [9.17, 15) is 14.7 Å². The SMILES string of the molecule is C=C(C)[C@@H]1CC[C@]2(NCCNCCC(=O)N(C)C)CC[C@]3(C)[C@H](CC[C@@H]4[C@@]5(C)CC=C(c6ccc(C(=O)O)cc6)C(C)(C)[C@@H]5CC[C@]43C)[C@@H]12. The number of hydrogen-bond donors (Lipinski definition) is 3. The minimum absolute atomic E-state index is 0.0206. The van der Waals surface area contributed by atoms with Crippen LogP contribution in [-0.4, -0.2) is 61.2 Å². The number of allylic oxidation sites excluding steroid dienone is 3. The third-order valence-corrected chi connectivity index (χ3v) is 15.9. The van der Waals surface area contributed by atoms with Crippen molar-refractivity contribution in [3.8, 4) is 0 Å². The van der Waals surface area contributed by atoms with Crippen molar-refractivity contribution < 1.29 is 14.7 Å². The van der Waals surface area contributed by atoms with Crippen molar-refractivity contribution in [3.63, 3.8) is 0 Å². The molecule has 6 rings (SSSR count). The topological polar surface area (TPSA) is 81.7 Å². The van der Waals surface area contributed by atoms with E-state index in [4.69, 9.17) is 0 Å². The van der Waals surface area contributed by atoms with Crippen LogP contribution in [-0.2, 0) is 4.79 Å². The van der Waals surface area contributed by atoms with Gasteiger partial charge in [0.2, 0.25) is 5.91 Å². The van der Waals surface area contributed by atoms with Gasteiger partial charge < -0.3 is 20.6 Å². The zero-order valence-electron chi connectivity index (χ0n) is 31.9. The average Bonchev–Trinajstić information content (AvgIpc) is 3.43. The number of nitrogens with zero attached hydrogens (tertiary/aromatic N) is 1. The van der Waals surface area contributed by atoms with Crippen LogP contribution in [0, 0.1) is 51.2 Å². The molecule has 1 aromatic rings. The number of fused-ring (bicyclic) bond motifs is 7. The number of carboxylic acid groups (broad SMARTS) is 1. The number of amides is 1. The zero-order chi connectivity index (χ0) is 35.6. The molecule has 0 bridgehead atoms. The molecular weight excluding hydrogens is 606 g/mol. The van der Waals surface area contributed by atoms with Crippen molar-refractivity contribution >= 4 is 17.4 Å². The summed E-state index contributed by atoms with van der Waals surface area (Å²) in [7, 11) is 3.65. The van der Waals surface area contributed by atoms with Gasteiger partial charge in [0.25, 0.3) is 0 Å². The summed E-state index contributed by atoms with van der Waals surface area (Å²) in [6, 6.07) is 7.60. The van der Waals surface area contributed by atoms with Gasteiger partial charge in [-0.3, -0.25) is 4.79 Å². The van der Waals surface area contributed by atoms with E-state index >= 15 is 0 Å². The summed E-state index contributed by atoms with van der Waals surface area (Å²) in [5.74, 6) is 2.50. The molecule has 0 aliphatic heterocycles. The number of benzene rings is 1. The Bertz CT molecular complexity index is 1480. The van der Waals surface area contributed by atoms with E-state index in [1.54, 1.807) is 17.0 Å². The third-order valence-electron chi connectivity index (χ3n) is 15.9. The molecule has 6 heteroatoms. The number of nitrogens with one attached hydrogen (secondary N) is 2. The molecule has 3 N–H and O–H groups in total. The summed E-state index contributed by atoms with van der Waals surface area (Å²) in [6.45, 7) is 22.5. The molecule has 0 radical (unpaired) electrons. The first-order chi connectivity index (χ1) is 23.0. The van der Waals surface area contributed by atoms with Crippen LogP contribution in [0.5, 0.6) is 0 Å². The van der Waals surface area contributed by atoms with Crippen LogP contribution in [0.15, 0.2) is 42.5 Å². The smallest absolute Gasteiger partial charge is 0.335 e. The highest BCUT2D eigenvalue weighted by atomic mass is 16.4. The van der Waals surface area contributed by atoms with E-state index in [1.807, 2.05) is 26.2 Å². The molecule has 5 aliphatic rings. The van der Waals surface area contributed by atoms with Crippen molar-refractivity contribution in [2.75, 3.05) is 33.7 Å². The highest BCUT2D eigenvalue weighted by Gasteiger charge is 2.70. The van der Waals surface area contributed by atoms with Crippen LogP contribution in [0.3, 0.4) is 0 Å². The molecule has 0 spiro atoms. The van der Waals surface area contributed by atoms with Gasteiger partial charge in [0.15, 0.2) is 0 Å². The summed E-state index contributed by atoms with van der Waals surface area (Å²) in [5, 5.41) is 17.2. The average molecular weight is 672 g/mol. The largest absolute Gasteiger partial charge is 0.478 e. The van der Waals surface area contributed by atoms with Gasteiger partial charge in [0.05, 0.1) is 5.56 Å². The fourth-order valence-electron chi connectivity index (χ4n) is 13.3. The maximum atomic E-state index is 12.0. The van der Waals surface area contributed by atoms with Crippen LogP contribution in [0.2, 0.25) is 0 Å². The minimum Gasteiger partial charge on any atom is -0.478 e. The summed E-state index contributed by atoms with van der Waals surface area (Å²) in [5.41, 5.74) is 5.35. The lowest BCUT2D eigenvalue weighted by Crippen LogP contribution is -2.68. The van der Waals surface area contributed by atoms with Crippen LogP contribution in [0.25, 0.3) is 5.57 Å². The van der Waals surface area contributed by atoms with Gasteiger partial charge in [-0.05, 0) is 139 Å². The third kappa shape index (κ3) is 5.76. The van der Waals surface area contributed by atoms with Crippen LogP contribution in [0.4, 0.5) is 0 Å². The highest BCUT2D eigenvalue weighted by Crippen LogP contribution is 2.76. The molecule has 6 nitrogen and oxygen atoms in total. The number of carboxylic acids is 1. The molecule has 1 amide bonds. The quantitative estimate of drug-likeness (QED) is 0.172. The Balaban J connectivity index is 1.23. The lowest BCUT2D eigenvalue weighted by Gasteiger charge is -2.72. The Hall–Kier alpha value is -2.44. The van der Waals surface area contributed by atoms with Gasteiger partial charge in [0, 0.05) is 45.7 Å². The normalized spacial score (nSPS) is 39.1. The summed E-state index contributed by atoms with van der Waals surface area (Å²) in [6.07, 6.45) is 14.4. The second kappa shape index (κ2) is 13.0. The number of hydrogen-bond acceptors (Lipinski definition) is 4. The standard InChI is InChI=1S/C43H65N3O3/c1-28(2)31-16-22-43(45-27-26-44-25-19-36(47)46(8)9)24-23-41(6)33(37(31)43)14-15-35-40(5)20-17-32(29-10-12-30(13-11-29)38(48)49)39(3,4)34(40)18-21-42(35,41)7/h10-13,17,31,33-35,37,44-45H,1,14-16,18-27H2,2-9H3,(H,48,49)/t31-,33+,34-,35+,37+,40-,41+,42+,43-/m0/s1. The molecule has 5 aliphatic carbocycles. The van der Waals surface area contributed by atoms with Crippen molar-refractivity contribution in [1.82, 2.24) is 15.5 Å². The van der Waals surface area contributed by atoms with E-state index in [0.717, 1.165) is 26.1 Å². The first-order valence-electron chi connectivity index (χ1n) is 19.4. The van der Waals surface area contributed by atoms with E-state index in [2.05, 4.69) is 64.8 Å². The Morgan fingerprint density at radius 1 is 0.878 bits per heavy atom. The van der Waals surface area contributed by atoms with Gasteiger partial charge in [0.1, 0.15) is 0 Å². The molecule has 4 fully saturated rings. The highest BCUT2D eigenvalue weighted by molar-refractivity contribution is 5.88. The van der Waals surface area contributed by atoms with Gasteiger partial charge >= 0.3 is 5.97 Å². The minimum atomic E-state index is -0.864. The number of aromatic carboxylic acids is 1. The van der Waals surface area contributed by atoms with Crippen molar-refractivity contribution in [3.05, 3.63) is 53.6 Å². The summed E-state index contributed by atoms with van der Waals surface area (Å²) in [4.78, 5) is 25.3. The van der Waals surface area contributed by atoms with E-state index in [1.165, 1.54) is 68.1 Å². The fraction of sp³-hybridized carbons (Fsp3) is 0.721. The Labute approximate surface area is 297 Å². The van der Waals surface area contributed by atoms with E-state index in [-0.39, 0.29) is 22.3 Å². The molecule has 0 unspecified atom stereocenters. The summed E-state index contributed by atoms with van der Waals surface area (Å²) < 4.78 is 0. The zero-order valence-corrected chi connectivity index (χ0v) is 31.9. The maximum Gasteiger partial charge on any atom is 0.335 e. The van der Waals surface area contributed by atoms with Crippen molar-refractivity contribution in [2.24, 2.45) is 51.2 Å². The first-order valence-corrected chi connectivity index (χ1v) is 19.4. The second-order valence-electron chi connectivity index (χ2n) is 18.5. The van der Waals surface area contributed by atoms with E-state index < -0.39 is 5.97 Å². The monoisotopic (exact) mass is 672 g/mol. The van der Waals surface area contributed by atoms with Crippen molar-refractivity contribution in [2.45, 2.75) is 111 Å². The lowest BCUT2D eigenvalue weighted by molar-refractivity contribution is -0.219. The number of carbonyl (C=O) groups excluding carboxylic acids is 1. The van der Waals surface area contributed by atoms with E-state index in [0.29, 0.717) is 52.4 Å². The predicted molar refractivity (Wildman–Crippen MR) is 200 cm³/mol. The van der Waals surface area contributed by atoms with Gasteiger partial charge in [-0.15, -0.1) is 0 Å². The van der Waals surface area contributed by atoms with Crippen LogP contribution in [0.1, 0.15) is 122 Å². The summed E-state index contributed by atoms with van der Waals surface area (Å²) >= 11 is 0. The molecule has 4 saturated carbocycles. The molecule has 0 aromatic heterocycles. The van der Waals surface area contributed by atoms with Gasteiger partial charge in [-0.2, -0.15) is 0 Å². The second-order valence-corrected chi connectivity index (χ2v) is 18.5. The Morgan fingerprint density at radius 3 is 2.24 bits per heavy atom. The molecule has 1 aromatic carbocycles.